The summed E-state index contributed by atoms with van der Waals surface area (Å²) in [5, 5.41) is 13.9. The van der Waals surface area contributed by atoms with Crippen molar-refractivity contribution in [2.45, 2.75) is 32.2 Å². The molecule has 1 rings (SSSR count). The van der Waals surface area contributed by atoms with Gasteiger partial charge in [-0.2, -0.15) is 0 Å². The molecule has 0 radical (unpaired) electrons. The van der Waals surface area contributed by atoms with Gasteiger partial charge in [-0.1, -0.05) is 6.92 Å². The third-order valence-electron chi connectivity index (χ3n) is 2.92. The number of hydrogen-bond donors (Lipinski definition) is 3. The van der Waals surface area contributed by atoms with E-state index in [0.29, 0.717) is 13.0 Å². The minimum atomic E-state index is -0.998. The minimum Gasteiger partial charge on any atom is -0.480 e. The Bertz CT molecular complexity index is 265. The van der Waals surface area contributed by atoms with Gasteiger partial charge in [0, 0.05) is 13.1 Å². The van der Waals surface area contributed by atoms with Crippen LogP contribution in [0.2, 0.25) is 0 Å². The predicted octanol–water partition coefficient (Wildman–Crippen LogP) is 0.245. The number of carboxylic acids is 1. The maximum atomic E-state index is 11.4. The molecule has 98 valence electrons. The highest BCUT2D eigenvalue weighted by Crippen LogP contribution is 2.05. The molecule has 0 aromatic heterocycles. The van der Waals surface area contributed by atoms with Gasteiger partial charge < -0.3 is 20.6 Å². The van der Waals surface area contributed by atoms with Crippen molar-refractivity contribution in [1.29, 1.82) is 0 Å². The van der Waals surface area contributed by atoms with E-state index in [4.69, 9.17) is 5.11 Å². The van der Waals surface area contributed by atoms with Gasteiger partial charge in [0.05, 0.1) is 0 Å². The van der Waals surface area contributed by atoms with Gasteiger partial charge in [-0.05, 0) is 32.4 Å². The zero-order valence-electron chi connectivity index (χ0n) is 10.2. The summed E-state index contributed by atoms with van der Waals surface area (Å²) in [4.78, 5) is 24.4. The Morgan fingerprint density at radius 2 is 2.00 bits per heavy atom. The molecule has 0 aromatic carbocycles. The van der Waals surface area contributed by atoms with Gasteiger partial charge >= 0.3 is 12.0 Å². The van der Waals surface area contributed by atoms with Crippen molar-refractivity contribution in [3.63, 3.8) is 0 Å². The van der Waals surface area contributed by atoms with Crippen LogP contribution in [0.25, 0.3) is 0 Å². The van der Waals surface area contributed by atoms with E-state index < -0.39 is 18.0 Å². The Hall–Kier alpha value is -1.30. The number of hydrogen-bond acceptors (Lipinski definition) is 3. The van der Waals surface area contributed by atoms with Crippen molar-refractivity contribution in [3.05, 3.63) is 0 Å². The lowest BCUT2D eigenvalue weighted by Crippen LogP contribution is -2.47. The van der Waals surface area contributed by atoms with Crippen LogP contribution in [0, 0.1) is 0 Å². The molecule has 17 heavy (non-hydrogen) atoms. The van der Waals surface area contributed by atoms with Crippen LogP contribution in [0.3, 0.4) is 0 Å². The van der Waals surface area contributed by atoms with Crippen molar-refractivity contribution in [1.82, 2.24) is 15.5 Å². The van der Waals surface area contributed by atoms with Gasteiger partial charge in [0.1, 0.15) is 6.04 Å². The van der Waals surface area contributed by atoms with E-state index in [9.17, 15) is 9.59 Å². The fraction of sp³-hybridized carbons (Fsp3) is 0.818. The van der Waals surface area contributed by atoms with E-state index in [1.807, 2.05) is 0 Å². The summed E-state index contributed by atoms with van der Waals surface area (Å²) in [5.74, 6) is -0.998. The fourth-order valence-corrected chi connectivity index (χ4v) is 1.88. The smallest absolute Gasteiger partial charge is 0.326 e. The number of carbonyl (C=O) groups is 2. The third kappa shape index (κ3) is 5.04. The quantitative estimate of drug-likeness (QED) is 0.624. The molecule has 1 aliphatic rings. The first-order valence-electron chi connectivity index (χ1n) is 6.13. The summed E-state index contributed by atoms with van der Waals surface area (Å²) in [6.45, 7) is 5.30. The highest BCUT2D eigenvalue weighted by molar-refractivity contribution is 5.82. The zero-order chi connectivity index (χ0) is 12.7. The van der Waals surface area contributed by atoms with Crippen molar-refractivity contribution in [2.75, 3.05) is 26.2 Å². The molecule has 0 unspecified atom stereocenters. The second-order valence-electron chi connectivity index (χ2n) is 4.25. The van der Waals surface area contributed by atoms with Crippen LogP contribution in [-0.2, 0) is 4.79 Å². The van der Waals surface area contributed by atoms with E-state index in [2.05, 4.69) is 15.5 Å². The lowest BCUT2D eigenvalue weighted by molar-refractivity contribution is -0.139. The van der Waals surface area contributed by atoms with Crippen LogP contribution in [-0.4, -0.2) is 54.2 Å². The SMILES string of the molecule is CC[C@H](NC(=O)NCCN1CCCC1)C(=O)O. The number of carbonyl (C=O) groups excluding carboxylic acids is 1. The molecule has 0 spiro atoms. The number of urea groups is 1. The topological polar surface area (TPSA) is 81.7 Å². The second kappa shape index (κ2) is 7.11. The van der Waals surface area contributed by atoms with Crippen molar-refractivity contribution < 1.29 is 14.7 Å². The van der Waals surface area contributed by atoms with Crippen molar-refractivity contribution in [3.8, 4) is 0 Å². The Kier molecular flexibility index (Phi) is 5.76. The number of nitrogens with one attached hydrogen (secondary N) is 2. The normalized spacial score (nSPS) is 17.7. The average Bonchev–Trinajstić information content (AvgIpc) is 2.78. The van der Waals surface area contributed by atoms with Gasteiger partial charge in [0.2, 0.25) is 0 Å². The second-order valence-corrected chi connectivity index (χ2v) is 4.25. The number of rotatable bonds is 6. The predicted molar refractivity (Wildman–Crippen MR) is 63.9 cm³/mol. The molecular formula is C11H21N3O3. The van der Waals surface area contributed by atoms with Gasteiger partial charge in [-0.15, -0.1) is 0 Å². The van der Waals surface area contributed by atoms with Crippen LogP contribution in [0.5, 0.6) is 0 Å². The minimum absolute atomic E-state index is 0.384. The number of aliphatic carboxylic acids is 1. The zero-order valence-corrected chi connectivity index (χ0v) is 10.2. The summed E-state index contributed by atoms with van der Waals surface area (Å²) in [6.07, 6.45) is 2.83. The van der Waals surface area contributed by atoms with Gasteiger partial charge in [0.15, 0.2) is 0 Å². The Labute approximate surface area is 101 Å². The van der Waals surface area contributed by atoms with Gasteiger partial charge in [-0.3, -0.25) is 0 Å². The first-order chi connectivity index (χ1) is 8.13. The number of carboxylic acid groups (broad SMARTS) is 1. The molecule has 6 heteroatoms. The van der Waals surface area contributed by atoms with E-state index in [-0.39, 0.29) is 0 Å². The molecule has 0 aliphatic carbocycles. The number of amides is 2. The molecule has 6 nitrogen and oxygen atoms in total. The number of likely N-dealkylation sites (tertiary alicyclic amines) is 1. The fourth-order valence-electron chi connectivity index (χ4n) is 1.88. The molecule has 1 saturated heterocycles. The van der Waals surface area contributed by atoms with E-state index >= 15 is 0 Å². The molecule has 1 atom stereocenters. The van der Waals surface area contributed by atoms with Gasteiger partial charge in [-0.25, -0.2) is 9.59 Å². The third-order valence-corrected chi connectivity index (χ3v) is 2.92. The molecular weight excluding hydrogens is 222 g/mol. The summed E-state index contributed by atoms with van der Waals surface area (Å²) in [5.41, 5.74) is 0. The van der Waals surface area contributed by atoms with Crippen molar-refractivity contribution in [2.24, 2.45) is 0 Å². The van der Waals surface area contributed by atoms with Crippen LogP contribution < -0.4 is 10.6 Å². The average molecular weight is 243 g/mol. The highest BCUT2D eigenvalue weighted by Gasteiger charge is 2.17. The summed E-state index contributed by atoms with van der Waals surface area (Å²) in [6, 6.07) is -1.21. The van der Waals surface area contributed by atoms with Crippen molar-refractivity contribution >= 4 is 12.0 Å². The largest absolute Gasteiger partial charge is 0.480 e. The first kappa shape index (κ1) is 13.8. The Balaban J connectivity index is 2.13. The molecule has 2 amide bonds. The number of nitrogens with zero attached hydrogens (tertiary/aromatic N) is 1. The maximum Gasteiger partial charge on any atom is 0.326 e. The summed E-state index contributed by atoms with van der Waals surface area (Å²) in [7, 11) is 0. The van der Waals surface area contributed by atoms with Gasteiger partial charge in [0.25, 0.3) is 0 Å². The van der Waals surface area contributed by atoms with E-state index in [1.54, 1.807) is 6.92 Å². The molecule has 0 aromatic rings. The summed E-state index contributed by atoms with van der Waals surface area (Å²) >= 11 is 0. The Morgan fingerprint density at radius 1 is 1.35 bits per heavy atom. The Morgan fingerprint density at radius 3 is 2.53 bits per heavy atom. The highest BCUT2D eigenvalue weighted by atomic mass is 16.4. The monoisotopic (exact) mass is 243 g/mol. The van der Waals surface area contributed by atoms with Crippen LogP contribution in [0.4, 0.5) is 4.79 Å². The van der Waals surface area contributed by atoms with E-state index in [0.717, 1.165) is 19.6 Å². The van der Waals surface area contributed by atoms with E-state index in [1.165, 1.54) is 12.8 Å². The molecule has 0 saturated carbocycles. The standard InChI is InChI=1S/C11H21N3O3/c1-2-9(10(15)16)13-11(17)12-5-8-14-6-3-4-7-14/h9H,2-8H2,1H3,(H,15,16)(H2,12,13,17)/t9-/m0/s1. The first-order valence-corrected chi connectivity index (χ1v) is 6.13. The molecule has 1 aliphatic heterocycles. The summed E-state index contributed by atoms with van der Waals surface area (Å²) < 4.78 is 0. The molecule has 0 bridgehead atoms. The molecule has 3 N–H and O–H groups in total. The van der Waals surface area contributed by atoms with Crippen LogP contribution >= 0.6 is 0 Å². The lowest BCUT2D eigenvalue weighted by Gasteiger charge is -2.16. The van der Waals surface area contributed by atoms with Crippen LogP contribution in [0.1, 0.15) is 26.2 Å². The maximum absolute atomic E-state index is 11.4. The van der Waals surface area contributed by atoms with Crippen LogP contribution in [0.15, 0.2) is 0 Å². The molecule has 1 heterocycles. The lowest BCUT2D eigenvalue weighted by atomic mass is 10.2. The molecule has 1 fully saturated rings.